The molecule has 1 aromatic rings. The summed E-state index contributed by atoms with van der Waals surface area (Å²) in [5.74, 6) is 0.566. The fraction of sp³-hybridized carbons (Fsp3) is 0.615. The number of hydrogen-bond donors (Lipinski definition) is 0. The molecule has 1 rings (SSSR count). The molecule has 84 valence electrons. The maximum absolute atomic E-state index is 5.34. The van der Waals surface area contributed by atoms with Crippen LogP contribution in [-0.4, -0.2) is 12.1 Å². The maximum atomic E-state index is 5.34. The molecule has 0 amide bonds. The Morgan fingerprint density at radius 1 is 1.40 bits per heavy atom. The predicted molar refractivity (Wildman–Crippen MR) is 63.0 cm³/mol. The fourth-order valence-electron chi connectivity index (χ4n) is 1.89. The lowest BCUT2D eigenvalue weighted by Gasteiger charge is -2.18. The van der Waals surface area contributed by atoms with Crippen molar-refractivity contribution in [2.75, 3.05) is 7.11 Å². The van der Waals surface area contributed by atoms with Crippen molar-refractivity contribution in [2.45, 2.75) is 45.6 Å². The molecule has 0 aliphatic heterocycles. The highest BCUT2D eigenvalue weighted by Gasteiger charge is 2.15. The second kappa shape index (κ2) is 5.86. The molecule has 0 aliphatic rings. The summed E-state index contributed by atoms with van der Waals surface area (Å²) in [4.78, 5) is 4.43. The van der Waals surface area contributed by atoms with Crippen molar-refractivity contribution in [3.8, 4) is 0 Å². The quantitative estimate of drug-likeness (QED) is 0.734. The molecule has 0 spiro atoms. The van der Waals surface area contributed by atoms with Crippen molar-refractivity contribution in [1.82, 2.24) is 4.98 Å². The highest BCUT2D eigenvalue weighted by Crippen LogP contribution is 2.27. The van der Waals surface area contributed by atoms with E-state index in [1.807, 2.05) is 19.2 Å². The molecule has 2 unspecified atom stereocenters. The van der Waals surface area contributed by atoms with E-state index >= 15 is 0 Å². The van der Waals surface area contributed by atoms with Gasteiger partial charge in [-0.15, -0.1) is 0 Å². The zero-order chi connectivity index (χ0) is 11.3. The van der Waals surface area contributed by atoms with E-state index in [0.29, 0.717) is 5.92 Å². The fourth-order valence-corrected chi connectivity index (χ4v) is 1.89. The molecule has 2 atom stereocenters. The van der Waals surface area contributed by atoms with Gasteiger partial charge >= 0.3 is 0 Å². The van der Waals surface area contributed by atoms with Gasteiger partial charge < -0.3 is 4.74 Å². The van der Waals surface area contributed by atoms with Crippen LogP contribution < -0.4 is 0 Å². The Kier molecular flexibility index (Phi) is 4.76. The molecule has 1 heterocycles. The van der Waals surface area contributed by atoms with Gasteiger partial charge in [-0.3, -0.25) is 4.98 Å². The molecular formula is C13H21NO. The number of aromatic nitrogens is 1. The van der Waals surface area contributed by atoms with Crippen LogP contribution in [0, 0.1) is 0 Å². The molecule has 0 bridgehead atoms. The smallest absolute Gasteiger partial charge is 0.0965 e. The van der Waals surface area contributed by atoms with Gasteiger partial charge in [0.25, 0.3) is 0 Å². The number of methoxy groups -OCH3 is 1. The molecule has 0 N–H and O–H groups in total. The van der Waals surface area contributed by atoms with Crippen LogP contribution in [0.25, 0.3) is 0 Å². The van der Waals surface area contributed by atoms with Gasteiger partial charge in [0.1, 0.15) is 0 Å². The Bertz CT molecular complexity index is 298. The largest absolute Gasteiger partial charge is 0.375 e. The zero-order valence-corrected chi connectivity index (χ0v) is 10.2. The van der Waals surface area contributed by atoms with Crippen molar-refractivity contribution in [2.24, 2.45) is 0 Å². The normalized spacial score (nSPS) is 14.9. The Morgan fingerprint density at radius 2 is 2.13 bits per heavy atom. The van der Waals surface area contributed by atoms with Crippen molar-refractivity contribution >= 4 is 0 Å². The van der Waals surface area contributed by atoms with E-state index < -0.39 is 0 Å². The van der Waals surface area contributed by atoms with Gasteiger partial charge in [0.05, 0.1) is 11.8 Å². The van der Waals surface area contributed by atoms with E-state index in [4.69, 9.17) is 4.74 Å². The van der Waals surface area contributed by atoms with Gasteiger partial charge in [-0.25, -0.2) is 0 Å². The molecule has 0 aliphatic carbocycles. The topological polar surface area (TPSA) is 22.1 Å². The molecule has 0 aromatic carbocycles. The second-order valence-corrected chi connectivity index (χ2v) is 4.05. The third-order valence-corrected chi connectivity index (χ3v) is 2.86. The summed E-state index contributed by atoms with van der Waals surface area (Å²) in [6.45, 7) is 6.52. The van der Waals surface area contributed by atoms with Crippen LogP contribution in [0.15, 0.2) is 18.3 Å². The third kappa shape index (κ3) is 3.03. The maximum Gasteiger partial charge on any atom is 0.0965 e. The molecule has 2 nitrogen and oxygen atoms in total. The van der Waals surface area contributed by atoms with E-state index in [1.165, 1.54) is 18.4 Å². The molecule has 0 saturated heterocycles. The summed E-state index contributed by atoms with van der Waals surface area (Å²) >= 11 is 0. The molecule has 0 saturated carbocycles. The highest BCUT2D eigenvalue weighted by molar-refractivity contribution is 5.25. The Labute approximate surface area is 92.7 Å². The van der Waals surface area contributed by atoms with Crippen molar-refractivity contribution in [3.05, 3.63) is 29.6 Å². The number of pyridine rings is 1. The summed E-state index contributed by atoms with van der Waals surface area (Å²) in [7, 11) is 1.73. The van der Waals surface area contributed by atoms with Crippen LogP contribution in [0.4, 0.5) is 0 Å². The monoisotopic (exact) mass is 207 g/mol. The lowest BCUT2D eigenvalue weighted by Crippen LogP contribution is -2.06. The van der Waals surface area contributed by atoms with Crippen LogP contribution in [0.2, 0.25) is 0 Å². The average molecular weight is 207 g/mol. The van der Waals surface area contributed by atoms with Gasteiger partial charge in [-0.2, -0.15) is 0 Å². The lowest BCUT2D eigenvalue weighted by atomic mass is 9.93. The van der Waals surface area contributed by atoms with Crippen LogP contribution in [0.1, 0.15) is 56.9 Å². The van der Waals surface area contributed by atoms with Gasteiger partial charge in [0.2, 0.25) is 0 Å². The average Bonchev–Trinajstić information content (AvgIpc) is 2.28. The van der Waals surface area contributed by atoms with Crippen LogP contribution in [0.3, 0.4) is 0 Å². The van der Waals surface area contributed by atoms with Crippen molar-refractivity contribution in [1.29, 1.82) is 0 Å². The minimum absolute atomic E-state index is 0.0838. The minimum Gasteiger partial charge on any atom is -0.375 e. The molecule has 0 radical (unpaired) electrons. The minimum atomic E-state index is 0.0838. The number of ether oxygens (including phenoxy) is 1. The third-order valence-electron chi connectivity index (χ3n) is 2.86. The summed E-state index contributed by atoms with van der Waals surface area (Å²) in [6, 6.07) is 4.17. The summed E-state index contributed by atoms with van der Waals surface area (Å²) in [6.07, 6.45) is 4.33. The predicted octanol–water partition coefficient (Wildman–Crippen LogP) is 3.69. The number of hydrogen-bond acceptors (Lipinski definition) is 2. The first kappa shape index (κ1) is 12.2. The first-order valence-electron chi connectivity index (χ1n) is 5.68. The van der Waals surface area contributed by atoms with E-state index in [2.05, 4.69) is 24.9 Å². The molecule has 1 aromatic heterocycles. The van der Waals surface area contributed by atoms with E-state index in [1.54, 1.807) is 7.11 Å². The second-order valence-electron chi connectivity index (χ2n) is 4.05. The van der Waals surface area contributed by atoms with Gasteiger partial charge in [0.15, 0.2) is 0 Å². The number of rotatable bonds is 5. The van der Waals surface area contributed by atoms with Crippen molar-refractivity contribution < 1.29 is 4.74 Å². The van der Waals surface area contributed by atoms with E-state index in [9.17, 15) is 0 Å². The molecule has 2 heteroatoms. The number of nitrogens with zero attached hydrogens (tertiary/aromatic N) is 1. The van der Waals surface area contributed by atoms with Gasteiger partial charge in [0, 0.05) is 13.3 Å². The van der Waals surface area contributed by atoms with Crippen molar-refractivity contribution in [3.63, 3.8) is 0 Å². The van der Waals surface area contributed by atoms with E-state index in [0.717, 1.165) is 5.69 Å². The molecule has 0 fully saturated rings. The van der Waals surface area contributed by atoms with Crippen LogP contribution in [0.5, 0.6) is 0 Å². The first-order valence-corrected chi connectivity index (χ1v) is 5.68. The molecule has 15 heavy (non-hydrogen) atoms. The SMILES string of the molecule is CCCC(C)c1cccnc1C(C)OC. The summed E-state index contributed by atoms with van der Waals surface area (Å²) < 4.78 is 5.34. The first-order chi connectivity index (χ1) is 7.20. The zero-order valence-electron chi connectivity index (χ0n) is 10.2. The highest BCUT2D eigenvalue weighted by atomic mass is 16.5. The van der Waals surface area contributed by atoms with Crippen LogP contribution >= 0.6 is 0 Å². The standard InChI is InChI=1S/C13H21NO/c1-5-7-10(2)12-8-6-9-14-13(12)11(3)15-4/h6,8-11H,5,7H2,1-4H3. The Balaban J connectivity index is 2.95. The lowest BCUT2D eigenvalue weighted by molar-refractivity contribution is 0.115. The molecular weight excluding hydrogens is 186 g/mol. The van der Waals surface area contributed by atoms with Gasteiger partial charge in [-0.05, 0) is 30.9 Å². The Morgan fingerprint density at radius 3 is 2.73 bits per heavy atom. The summed E-state index contributed by atoms with van der Waals surface area (Å²) in [5.41, 5.74) is 2.41. The Hall–Kier alpha value is -0.890. The van der Waals surface area contributed by atoms with Crippen LogP contribution in [-0.2, 0) is 4.74 Å². The van der Waals surface area contributed by atoms with E-state index in [-0.39, 0.29) is 6.10 Å². The summed E-state index contributed by atoms with van der Waals surface area (Å²) in [5, 5.41) is 0. The van der Waals surface area contributed by atoms with Gasteiger partial charge in [-0.1, -0.05) is 26.3 Å².